The summed E-state index contributed by atoms with van der Waals surface area (Å²) < 4.78 is 0. The van der Waals surface area contributed by atoms with E-state index in [-0.39, 0.29) is 18.3 Å². The van der Waals surface area contributed by atoms with E-state index in [1.165, 1.54) is 13.0 Å². The van der Waals surface area contributed by atoms with E-state index in [1.807, 2.05) is 25.2 Å². The number of nitrogens with zero attached hydrogens (tertiary/aromatic N) is 1. The molecule has 1 aromatic carbocycles. The van der Waals surface area contributed by atoms with Crippen molar-refractivity contribution in [3.05, 3.63) is 35.4 Å². The van der Waals surface area contributed by atoms with Gasteiger partial charge < -0.3 is 15.5 Å². The summed E-state index contributed by atoms with van der Waals surface area (Å²) in [7, 11) is 1.94. The van der Waals surface area contributed by atoms with Gasteiger partial charge in [0.1, 0.15) is 0 Å². The third-order valence-electron chi connectivity index (χ3n) is 4.37. The van der Waals surface area contributed by atoms with E-state index in [9.17, 15) is 4.79 Å². The molecular weight excluding hydrogens is 310 g/mol. The topological polar surface area (TPSA) is 44.4 Å². The zero-order valence-corrected chi connectivity index (χ0v) is 15.1. The van der Waals surface area contributed by atoms with Crippen molar-refractivity contribution in [2.75, 3.05) is 33.2 Å². The zero-order chi connectivity index (χ0) is 15.8. The minimum absolute atomic E-state index is 0. The van der Waals surface area contributed by atoms with Crippen molar-refractivity contribution in [2.45, 2.75) is 38.6 Å². The molecule has 0 aromatic heterocycles. The van der Waals surface area contributed by atoms with Crippen LogP contribution in [0.3, 0.4) is 0 Å². The van der Waals surface area contributed by atoms with Crippen LogP contribution in [0, 0.1) is 0 Å². The first kappa shape index (κ1) is 19.9. The number of rotatable bonds is 7. The number of carbonyl (C=O) groups excluding carboxylic acids is 1. The molecule has 1 amide bonds. The molecule has 0 aliphatic carbocycles. The van der Waals surface area contributed by atoms with Gasteiger partial charge >= 0.3 is 0 Å². The van der Waals surface area contributed by atoms with Crippen LogP contribution in [0.4, 0.5) is 0 Å². The van der Waals surface area contributed by atoms with E-state index in [0.717, 1.165) is 50.0 Å². The van der Waals surface area contributed by atoms with E-state index >= 15 is 0 Å². The first-order chi connectivity index (χ1) is 10.7. The molecule has 2 N–H and O–H groups in total. The van der Waals surface area contributed by atoms with Gasteiger partial charge in [-0.2, -0.15) is 0 Å². The van der Waals surface area contributed by atoms with Crippen LogP contribution < -0.4 is 10.6 Å². The molecule has 0 unspecified atom stereocenters. The first-order valence-corrected chi connectivity index (χ1v) is 8.50. The highest BCUT2D eigenvalue weighted by atomic mass is 35.5. The minimum atomic E-state index is 0. The molecule has 0 bridgehead atoms. The van der Waals surface area contributed by atoms with Gasteiger partial charge in [-0.1, -0.05) is 25.1 Å². The fourth-order valence-corrected chi connectivity index (χ4v) is 3.10. The van der Waals surface area contributed by atoms with Crippen LogP contribution in [0.25, 0.3) is 0 Å². The van der Waals surface area contributed by atoms with Gasteiger partial charge in [0, 0.05) is 24.7 Å². The predicted octanol–water partition coefficient (Wildman–Crippen LogP) is 2.47. The molecular formula is C18H30ClN3O. The van der Waals surface area contributed by atoms with Gasteiger partial charge in [-0.25, -0.2) is 0 Å². The van der Waals surface area contributed by atoms with Gasteiger partial charge in [0.05, 0.1) is 0 Å². The van der Waals surface area contributed by atoms with Crippen molar-refractivity contribution >= 4 is 18.3 Å². The van der Waals surface area contributed by atoms with Gasteiger partial charge in [0.25, 0.3) is 5.91 Å². The Labute approximate surface area is 146 Å². The summed E-state index contributed by atoms with van der Waals surface area (Å²) in [5.41, 5.74) is 1.95. The molecule has 0 saturated carbocycles. The third-order valence-corrected chi connectivity index (χ3v) is 4.37. The van der Waals surface area contributed by atoms with E-state index in [4.69, 9.17) is 0 Å². The highest BCUT2D eigenvalue weighted by Crippen LogP contribution is 2.14. The van der Waals surface area contributed by atoms with Crippen LogP contribution in [0.5, 0.6) is 0 Å². The summed E-state index contributed by atoms with van der Waals surface area (Å²) in [6.07, 6.45) is 4.21. The number of halogens is 1. The first-order valence-electron chi connectivity index (χ1n) is 8.50. The summed E-state index contributed by atoms with van der Waals surface area (Å²) in [6, 6.07) is 8.26. The van der Waals surface area contributed by atoms with Crippen LogP contribution in [0.15, 0.2) is 24.3 Å². The highest BCUT2D eigenvalue weighted by molar-refractivity contribution is 5.95. The normalized spacial score (nSPS) is 15.9. The Bertz CT molecular complexity index is 473. The average Bonchev–Trinajstić information content (AvgIpc) is 2.55. The Hall–Kier alpha value is -1.10. The van der Waals surface area contributed by atoms with Crippen molar-refractivity contribution in [1.82, 2.24) is 15.5 Å². The molecule has 4 nitrogen and oxygen atoms in total. The van der Waals surface area contributed by atoms with Crippen LogP contribution in [-0.4, -0.2) is 50.1 Å². The Kier molecular flexibility index (Phi) is 9.22. The molecule has 1 aliphatic rings. The molecule has 0 atom stereocenters. The number of piperidine rings is 1. The Balaban J connectivity index is 0.00000264. The molecule has 1 fully saturated rings. The van der Waals surface area contributed by atoms with Gasteiger partial charge in [-0.15, -0.1) is 12.4 Å². The molecule has 1 heterocycles. The zero-order valence-electron chi connectivity index (χ0n) is 14.3. The monoisotopic (exact) mass is 339 g/mol. The Morgan fingerprint density at radius 2 is 1.96 bits per heavy atom. The maximum absolute atomic E-state index is 12.6. The Morgan fingerprint density at radius 3 is 2.61 bits per heavy atom. The van der Waals surface area contributed by atoms with Crippen molar-refractivity contribution in [3.63, 3.8) is 0 Å². The van der Waals surface area contributed by atoms with Gasteiger partial charge in [0.15, 0.2) is 0 Å². The lowest BCUT2D eigenvalue weighted by atomic mass is 10.0. The molecule has 130 valence electrons. The number of likely N-dealkylation sites (tertiary alicyclic amines) is 1. The van der Waals surface area contributed by atoms with E-state index < -0.39 is 0 Å². The van der Waals surface area contributed by atoms with Crippen LogP contribution in [-0.2, 0) is 6.42 Å². The van der Waals surface area contributed by atoms with Gasteiger partial charge in [-0.05, 0) is 57.5 Å². The number of carbonyl (C=O) groups is 1. The highest BCUT2D eigenvalue weighted by Gasteiger charge is 2.21. The quantitative estimate of drug-likeness (QED) is 0.802. The molecule has 0 radical (unpaired) electrons. The van der Waals surface area contributed by atoms with Crippen molar-refractivity contribution in [1.29, 1.82) is 0 Å². The van der Waals surface area contributed by atoms with Crippen LogP contribution >= 0.6 is 12.4 Å². The lowest BCUT2D eigenvalue weighted by Gasteiger charge is -2.32. The van der Waals surface area contributed by atoms with E-state index in [1.54, 1.807) is 0 Å². The summed E-state index contributed by atoms with van der Waals surface area (Å²) in [5.74, 6) is 0.0839. The molecule has 1 aromatic rings. The second kappa shape index (κ2) is 10.6. The maximum Gasteiger partial charge on any atom is 0.251 e. The molecule has 5 heteroatoms. The second-order valence-corrected chi connectivity index (χ2v) is 6.10. The lowest BCUT2D eigenvalue weighted by Crippen LogP contribution is -2.45. The number of amides is 1. The molecule has 23 heavy (non-hydrogen) atoms. The number of benzene rings is 1. The summed E-state index contributed by atoms with van der Waals surface area (Å²) >= 11 is 0. The van der Waals surface area contributed by atoms with Crippen molar-refractivity contribution in [2.24, 2.45) is 0 Å². The van der Waals surface area contributed by atoms with E-state index in [2.05, 4.69) is 28.5 Å². The van der Waals surface area contributed by atoms with Gasteiger partial charge in [0.2, 0.25) is 0 Å². The van der Waals surface area contributed by atoms with E-state index in [0.29, 0.717) is 6.04 Å². The number of nitrogens with one attached hydrogen (secondary N) is 2. The fourth-order valence-electron chi connectivity index (χ4n) is 3.10. The maximum atomic E-state index is 12.6. The summed E-state index contributed by atoms with van der Waals surface area (Å²) in [6.45, 7) is 6.48. The number of likely N-dealkylation sites (N-methyl/N-ethyl adjacent to an activating group) is 1. The lowest BCUT2D eigenvalue weighted by molar-refractivity contribution is 0.0910. The largest absolute Gasteiger partial charge is 0.349 e. The Morgan fingerprint density at radius 1 is 1.26 bits per heavy atom. The second-order valence-electron chi connectivity index (χ2n) is 6.10. The van der Waals surface area contributed by atoms with Crippen molar-refractivity contribution < 1.29 is 4.79 Å². The molecule has 1 saturated heterocycles. The van der Waals surface area contributed by atoms with Gasteiger partial charge in [-0.3, -0.25) is 4.79 Å². The molecule has 2 rings (SSSR count). The molecule has 0 spiro atoms. The van der Waals surface area contributed by atoms with Crippen LogP contribution in [0.2, 0.25) is 0 Å². The number of hydrogen-bond donors (Lipinski definition) is 2. The van der Waals surface area contributed by atoms with Crippen LogP contribution in [0.1, 0.15) is 42.1 Å². The number of hydrogen-bond acceptors (Lipinski definition) is 3. The summed E-state index contributed by atoms with van der Waals surface area (Å²) in [5, 5.41) is 6.37. The third kappa shape index (κ3) is 6.13. The summed E-state index contributed by atoms with van der Waals surface area (Å²) in [4.78, 5) is 15.0. The minimum Gasteiger partial charge on any atom is -0.349 e. The molecule has 1 aliphatic heterocycles. The van der Waals surface area contributed by atoms with Crippen molar-refractivity contribution in [3.8, 4) is 0 Å². The fraction of sp³-hybridized carbons (Fsp3) is 0.611. The standard InChI is InChI=1S/C18H29N3O.ClH/c1-3-12-21-13-9-16(10-14-21)20-18(22)17-7-5-4-6-15(17)8-11-19-2;/h4-7,16,19H,3,8-14H2,1-2H3,(H,20,22);1H. The smallest absolute Gasteiger partial charge is 0.251 e. The SMILES string of the molecule is CCCN1CCC(NC(=O)c2ccccc2CCNC)CC1.Cl. The average molecular weight is 340 g/mol. The predicted molar refractivity (Wildman–Crippen MR) is 98.5 cm³/mol.